The fourth-order valence-electron chi connectivity index (χ4n) is 1.18. The summed E-state index contributed by atoms with van der Waals surface area (Å²) in [4.78, 5) is 2.02. The molecule has 0 aromatic rings. The zero-order valence-corrected chi connectivity index (χ0v) is 14.9. The van der Waals surface area contributed by atoms with Gasteiger partial charge in [0.25, 0.3) is 0 Å². The molecule has 0 N–H and O–H groups in total. The van der Waals surface area contributed by atoms with Gasteiger partial charge in [0, 0.05) is 19.7 Å². The summed E-state index contributed by atoms with van der Waals surface area (Å²) in [5.74, 6) is 0. The average Bonchev–Trinajstić information content (AvgIpc) is 2.26. The predicted octanol–water partition coefficient (Wildman–Crippen LogP) is -1.02. The third kappa shape index (κ3) is 13.3. The Morgan fingerprint density at radius 2 is 1.76 bits per heavy atom. The first-order valence-electron chi connectivity index (χ1n) is 5.83. The van der Waals surface area contributed by atoms with Gasteiger partial charge < -0.3 is 39.2 Å². The van der Waals surface area contributed by atoms with Crippen molar-refractivity contribution in [3.63, 3.8) is 0 Å². The molecule has 0 heterocycles. The topological polar surface area (TPSA) is 21.7 Å². The molecule has 0 aliphatic rings. The molecular formula is C11H22NNaO2S2. The summed E-state index contributed by atoms with van der Waals surface area (Å²) in [5.41, 5.74) is 0. The van der Waals surface area contributed by atoms with E-state index in [2.05, 4.69) is 6.92 Å². The molecule has 0 atom stereocenters. The van der Waals surface area contributed by atoms with Gasteiger partial charge in [0.15, 0.2) is 0 Å². The molecule has 0 aromatic heterocycles. The Balaban J connectivity index is 0. The van der Waals surface area contributed by atoms with Crippen molar-refractivity contribution in [2.45, 2.75) is 26.7 Å². The van der Waals surface area contributed by atoms with Crippen molar-refractivity contribution in [2.75, 3.05) is 39.5 Å². The van der Waals surface area contributed by atoms with Crippen LogP contribution in [0.3, 0.4) is 0 Å². The van der Waals surface area contributed by atoms with E-state index in [9.17, 15) is 0 Å². The van der Waals surface area contributed by atoms with E-state index >= 15 is 0 Å². The summed E-state index contributed by atoms with van der Waals surface area (Å²) < 4.78 is 11.1. The third-order valence-electron chi connectivity index (χ3n) is 2.12. The first-order valence-corrected chi connectivity index (χ1v) is 6.65. The fraction of sp³-hybridized carbons (Fsp3) is 0.909. The predicted molar refractivity (Wildman–Crippen MR) is 73.8 cm³/mol. The Morgan fingerprint density at radius 3 is 2.29 bits per heavy atom. The smallest absolute Gasteiger partial charge is 0.411 e. The Bertz CT molecular complexity index is 185. The minimum Gasteiger partial charge on any atom is -0.411 e. The molecule has 0 aliphatic carbocycles. The van der Waals surface area contributed by atoms with Crippen LogP contribution in [0.1, 0.15) is 26.7 Å². The second-order valence-electron chi connectivity index (χ2n) is 3.42. The molecule has 0 bridgehead atoms. The molecule has 6 heteroatoms. The first-order chi connectivity index (χ1) is 7.72. The van der Waals surface area contributed by atoms with Crippen LogP contribution in [-0.4, -0.2) is 48.7 Å². The van der Waals surface area contributed by atoms with E-state index in [1.807, 2.05) is 11.8 Å². The maximum Gasteiger partial charge on any atom is 1.00 e. The van der Waals surface area contributed by atoms with Crippen LogP contribution in [0, 0.1) is 0 Å². The quantitative estimate of drug-likeness (QED) is 0.221. The van der Waals surface area contributed by atoms with Crippen LogP contribution in [0.4, 0.5) is 0 Å². The van der Waals surface area contributed by atoms with Gasteiger partial charge in [-0.1, -0.05) is 17.7 Å². The Morgan fingerprint density at radius 1 is 1.12 bits per heavy atom. The van der Waals surface area contributed by atoms with Gasteiger partial charge in [0.2, 0.25) is 0 Å². The summed E-state index contributed by atoms with van der Waals surface area (Å²) in [6.45, 7) is 8.55. The largest absolute Gasteiger partial charge is 1.00 e. The fourth-order valence-corrected chi connectivity index (χ4v) is 1.55. The molecule has 0 saturated heterocycles. The minimum absolute atomic E-state index is 0. The van der Waals surface area contributed by atoms with E-state index in [1.54, 1.807) is 0 Å². The van der Waals surface area contributed by atoms with Crippen LogP contribution in [0.5, 0.6) is 0 Å². The second-order valence-corrected chi connectivity index (χ2v) is 4.45. The zero-order valence-electron chi connectivity index (χ0n) is 11.2. The van der Waals surface area contributed by atoms with Crippen molar-refractivity contribution in [3.8, 4) is 0 Å². The summed E-state index contributed by atoms with van der Waals surface area (Å²) >= 11 is 10.0. The number of thiocarbonyl (C=S) groups is 1. The summed E-state index contributed by atoms with van der Waals surface area (Å²) in [6, 6.07) is 0. The Hall–Kier alpha value is 1.03. The molecule has 0 rings (SSSR count). The molecule has 0 aromatic carbocycles. The molecule has 0 radical (unpaired) electrons. The normalized spacial score (nSPS) is 9.76. The van der Waals surface area contributed by atoms with E-state index in [0.717, 1.165) is 32.5 Å². The third-order valence-corrected chi connectivity index (χ3v) is 2.64. The molecular weight excluding hydrogens is 265 g/mol. The van der Waals surface area contributed by atoms with Gasteiger partial charge in [-0.05, 0) is 13.3 Å². The number of hydrogen-bond acceptors (Lipinski definition) is 4. The van der Waals surface area contributed by atoms with Crippen LogP contribution < -0.4 is 29.6 Å². The number of nitrogens with zero attached hydrogens (tertiary/aromatic N) is 1. The van der Waals surface area contributed by atoms with Crippen LogP contribution >= 0.6 is 12.2 Å². The summed E-state index contributed by atoms with van der Waals surface area (Å²) in [5, 5.41) is 0. The number of rotatable bonds is 10. The van der Waals surface area contributed by atoms with E-state index in [1.165, 1.54) is 0 Å². The van der Waals surface area contributed by atoms with Crippen molar-refractivity contribution in [1.82, 2.24) is 4.90 Å². The number of ether oxygens (including phenoxy) is 2. The van der Waals surface area contributed by atoms with Gasteiger partial charge in [-0.2, -0.15) is 0 Å². The SMILES string of the molecule is CCCCN(CCOCCOCC)C(=S)[S-].[Na+]. The molecule has 96 valence electrons. The van der Waals surface area contributed by atoms with Gasteiger partial charge in [0.1, 0.15) is 0 Å². The van der Waals surface area contributed by atoms with Gasteiger partial charge in [-0.3, -0.25) is 0 Å². The van der Waals surface area contributed by atoms with Crippen LogP contribution in [0.2, 0.25) is 0 Å². The molecule has 0 amide bonds. The maximum atomic E-state index is 5.42. The number of unbranched alkanes of at least 4 members (excludes halogenated alkanes) is 1. The minimum atomic E-state index is 0. The zero-order chi connectivity index (χ0) is 12.2. The standard InChI is InChI=1S/C11H23NO2S2.Na/c1-3-5-6-12(11(15)16)7-8-14-10-9-13-4-2;/h3-10H2,1-2H3,(H,15,16);/q;+1/p-1. The van der Waals surface area contributed by atoms with Crippen molar-refractivity contribution < 1.29 is 39.0 Å². The van der Waals surface area contributed by atoms with E-state index in [-0.39, 0.29) is 29.6 Å². The van der Waals surface area contributed by atoms with Crippen molar-refractivity contribution in [3.05, 3.63) is 0 Å². The Labute approximate surface area is 138 Å². The van der Waals surface area contributed by atoms with Gasteiger partial charge >= 0.3 is 29.6 Å². The molecule has 3 nitrogen and oxygen atoms in total. The summed E-state index contributed by atoms with van der Waals surface area (Å²) in [7, 11) is 0. The van der Waals surface area contributed by atoms with Gasteiger partial charge in [-0.25, -0.2) is 0 Å². The van der Waals surface area contributed by atoms with E-state index in [0.29, 0.717) is 24.1 Å². The van der Waals surface area contributed by atoms with Crippen LogP contribution in [0.15, 0.2) is 0 Å². The average molecular weight is 287 g/mol. The maximum absolute atomic E-state index is 5.42. The van der Waals surface area contributed by atoms with Crippen LogP contribution in [-0.2, 0) is 22.1 Å². The Kier molecular flexibility index (Phi) is 18.1. The van der Waals surface area contributed by atoms with Crippen molar-refractivity contribution in [2.24, 2.45) is 0 Å². The van der Waals surface area contributed by atoms with Crippen LogP contribution in [0.25, 0.3) is 0 Å². The van der Waals surface area contributed by atoms with Gasteiger partial charge in [-0.15, -0.1) is 0 Å². The molecule has 0 fully saturated rings. The van der Waals surface area contributed by atoms with E-state index in [4.69, 9.17) is 34.3 Å². The first kappa shape index (κ1) is 20.3. The monoisotopic (exact) mass is 287 g/mol. The number of hydrogen-bond donors (Lipinski definition) is 0. The second kappa shape index (κ2) is 15.1. The van der Waals surface area contributed by atoms with Crippen molar-refractivity contribution in [1.29, 1.82) is 0 Å². The molecule has 17 heavy (non-hydrogen) atoms. The van der Waals surface area contributed by atoms with Gasteiger partial charge in [0.05, 0.1) is 19.8 Å². The molecule has 0 saturated carbocycles. The molecule has 0 aliphatic heterocycles. The summed E-state index contributed by atoms with van der Waals surface area (Å²) in [6.07, 6.45) is 2.27. The van der Waals surface area contributed by atoms with Crippen molar-refractivity contribution >= 4 is 29.2 Å². The van der Waals surface area contributed by atoms with E-state index < -0.39 is 0 Å². The molecule has 0 unspecified atom stereocenters. The molecule has 0 spiro atoms.